The largest absolute Gasteiger partial charge is 0.496 e. The highest BCUT2D eigenvalue weighted by Gasteiger charge is 2.27. The van der Waals surface area contributed by atoms with Gasteiger partial charge in [-0.2, -0.15) is 0 Å². The van der Waals surface area contributed by atoms with Crippen LogP contribution in [-0.2, 0) is 0 Å². The summed E-state index contributed by atoms with van der Waals surface area (Å²) < 4.78 is 5.43. The van der Waals surface area contributed by atoms with Gasteiger partial charge in [0, 0.05) is 24.7 Å². The third-order valence-electron chi connectivity index (χ3n) is 3.46. The summed E-state index contributed by atoms with van der Waals surface area (Å²) in [5, 5.41) is 3.47. The van der Waals surface area contributed by atoms with E-state index in [4.69, 9.17) is 4.74 Å². The normalized spacial score (nSPS) is 26.7. The molecule has 0 aliphatic carbocycles. The van der Waals surface area contributed by atoms with Gasteiger partial charge in [-0.15, -0.1) is 0 Å². The fourth-order valence-corrected chi connectivity index (χ4v) is 2.30. The molecule has 16 heavy (non-hydrogen) atoms. The fourth-order valence-electron chi connectivity index (χ4n) is 2.30. The van der Waals surface area contributed by atoms with Crippen molar-refractivity contribution in [3.8, 4) is 5.75 Å². The molecule has 1 heterocycles. The Morgan fingerprint density at radius 2 is 2.06 bits per heavy atom. The topological polar surface area (TPSA) is 24.5 Å². The van der Waals surface area contributed by atoms with Crippen molar-refractivity contribution in [2.24, 2.45) is 0 Å². The fraction of sp³-hybridized carbons (Fsp3) is 0.538. The van der Waals surface area contributed by atoms with Crippen LogP contribution in [0, 0.1) is 0 Å². The van der Waals surface area contributed by atoms with Crippen LogP contribution in [0.25, 0.3) is 0 Å². The van der Waals surface area contributed by atoms with Crippen LogP contribution >= 0.6 is 0 Å². The molecule has 0 spiro atoms. The maximum atomic E-state index is 5.43. The first-order valence-electron chi connectivity index (χ1n) is 5.79. The Morgan fingerprint density at radius 1 is 1.31 bits per heavy atom. The Bertz CT molecular complexity index is 354. The van der Waals surface area contributed by atoms with E-state index in [0.717, 1.165) is 18.8 Å². The first-order chi connectivity index (χ1) is 7.74. The lowest BCUT2D eigenvalue weighted by atomic mass is 10.0. The van der Waals surface area contributed by atoms with Gasteiger partial charge in [0.05, 0.1) is 13.2 Å². The number of likely N-dealkylation sites (N-methyl/N-ethyl adjacent to an activating group) is 1. The molecule has 1 aromatic carbocycles. The minimum atomic E-state index is 0.403. The third-order valence-corrected chi connectivity index (χ3v) is 3.46. The van der Waals surface area contributed by atoms with E-state index in [0.29, 0.717) is 12.1 Å². The van der Waals surface area contributed by atoms with E-state index in [1.807, 2.05) is 12.1 Å². The van der Waals surface area contributed by atoms with Crippen LogP contribution in [-0.4, -0.2) is 38.2 Å². The van der Waals surface area contributed by atoms with Crippen LogP contribution < -0.4 is 10.1 Å². The van der Waals surface area contributed by atoms with Crippen molar-refractivity contribution in [1.29, 1.82) is 0 Å². The molecule has 0 aromatic heterocycles. The SMILES string of the molecule is COc1ccccc1C1CNC[C@H](C)N1C. The van der Waals surface area contributed by atoms with Crippen molar-refractivity contribution in [2.45, 2.75) is 19.0 Å². The van der Waals surface area contributed by atoms with E-state index >= 15 is 0 Å². The van der Waals surface area contributed by atoms with Gasteiger partial charge >= 0.3 is 0 Å². The lowest BCUT2D eigenvalue weighted by Crippen LogP contribution is -2.49. The van der Waals surface area contributed by atoms with E-state index < -0.39 is 0 Å². The molecule has 1 saturated heterocycles. The number of hydrogen-bond donors (Lipinski definition) is 1. The van der Waals surface area contributed by atoms with Crippen LogP contribution in [0.15, 0.2) is 24.3 Å². The Labute approximate surface area is 97.4 Å². The van der Waals surface area contributed by atoms with Gasteiger partial charge in [0.1, 0.15) is 5.75 Å². The van der Waals surface area contributed by atoms with Crippen molar-refractivity contribution in [2.75, 3.05) is 27.2 Å². The van der Waals surface area contributed by atoms with Crippen LogP contribution in [0.5, 0.6) is 5.75 Å². The molecule has 0 radical (unpaired) electrons. The first-order valence-corrected chi connectivity index (χ1v) is 5.79. The van der Waals surface area contributed by atoms with Crippen molar-refractivity contribution >= 4 is 0 Å². The van der Waals surface area contributed by atoms with Crippen molar-refractivity contribution < 1.29 is 4.74 Å². The van der Waals surface area contributed by atoms with E-state index in [1.54, 1.807) is 7.11 Å². The predicted molar refractivity (Wildman–Crippen MR) is 65.8 cm³/mol. The summed E-state index contributed by atoms with van der Waals surface area (Å²) in [7, 11) is 3.92. The number of ether oxygens (including phenoxy) is 1. The molecule has 2 rings (SSSR count). The standard InChI is InChI=1S/C13H20N2O/c1-10-8-14-9-12(15(10)2)11-6-4-5-7-13(11)16-3/h4-7,10,12,14H,8-9H2,1-3H3/t10-,12?/m0/s1. The number of methoxy groups -OCH3 is 1. The number of benzene rings is 1. The molecule has 0 saturated carbocycles. The predicted octanol–water partition coefficient (Wildman–Crippen LogP) is 1.66. The monoisotopic (exact) mass is 220 g/mol. The summed E-state index contributed by atoms with van der Waals surface area (Å²) in [6.07, 6.45) is 0. The van der Waals surface area contributed by atoms with Gasteiger partial charge in [-0.1, -0.05) is 18.2 Å². The lowest BCUT2D eigenvalue weighted by molar-refractivity contribution is 0.139. The lowest BCUT2D eigenvalue weighted by Gasteiger charge is -2.39. The molecule has 1 aliphatic rings. The maximum Gasteiger partial charge on any atom is 0.123 e. The zero-order valence-electron chi connectivity index (χ0n) is 10.2. The zero-order valence-corrected chi connectivity index (χ0v) is 10.2. The van der Waals surface area contributed by atoms with Crippen LogP contribution in [0.2, 0.25) is 0 Å². The molecule has 1 aliphatic heterocycles. The summed E-state index contributed by atoms with van der Waals surface area (Å²) in [6.45, 7) is 4.29. The summed E-state index contributed by atoms with van der Waals surface area (Å²) >= 11 is 0. The van der Waals surface area contributed by atoms with E-state index in [-0.39, 0.29) is 0 Å². The van der Waals surface area contributed by atoms with E-state index in [2.05, 4.69) is 36.3 Å². The second kappa shape index (κ2) is 4.85. The first kappa shape index (κ1) is 11.4. The second-order valence-electron chi connectivity index (χ2n) is 4.43. The van der Waals surface area contributed by atoms with Crippen LogP contribution in [0.1, 0.15) is 18.5 Å². The molecule has 3 nitrogen and oxygen atoms in total. The molecule has 0 amide bonds. The minimum absolute atomic E-state index is 0.403. The Kier molecular flexibility index (Phi) is 3.46. The number of rotatable bonds is 2. The third kappa shape index (κ3) is 2.06. The molecule has 88 valence electrons. The smallest absolute Gasteiger partial charge is 0.123 e. The van der Waals surface area contributed by atoms with Crippen molar-refractivity contribution in [3.05, 3.63) is 29.8 Å². The Balaban J connectivity index is 2.28. The van der Waals surface area contributed by atoms with Gasteiger partial charge in [0.15, 0.2) is 0 Å². The van der Waals surface area contributed by atoms with Gasteiger partial charge in [-0.25, -0.2) is 0 Å². The number of hydrogen-bond acceptors (Lipinski definition) is 3. The van der Waals surface area contributed by atoms with Crippen LogP contribution in [0.4, 0.5) is 0 Å². The average Bonchev–Trinajstić information content (AvgIpc) is 2.33. The highest BCUT2D eigenvalue weighted by molar-refractivity contribution is 5.36. The second-order valence-corrected chi connectivity index (χ2v) is 4.43. The molecule has 0 bridgehead atoms. The van der Waals surface area contributed by atoms with Crippen molar-refractivity contribution in [1.82, 2.24) is 10.2 Å². The average molecular weight is 220 g/mol. The van der Waals surface area contributed by atoms with Gasteiger partial charge in [0.25, 0.3) is 0 Å². The minimum Gasteiger partial charge on any atom is -0.496 e. The Morgan fingerprint density at radius 3 is 2.81 bits per heavy atom. The molecule has 2 atom stereocenters. The summed E-state index contributed by atoms with van der Waals surface area (Å²) in [5.74, 6) is 0.982. The number of nitrogens with zero attached hydrogens (tertiary/aromatic N) is 1. The quantitative estimate of drug-likeness (QED) is 0.820. The number of nitrogens with one attached hydrogen (secondary N) is 1. The molecule has 1 fully saturated rings. The van der Waals surface area contributed by atoms with Gasteiger partial charge in [-0.05, 0) is 20.0 Å². The van der Waals surface area contributed by atoms with Crippen LogP contribution in [0.3, 0.4) is 0 Å². The molecular weight excluding hydrogens is 200 g/mol. The number of para-hydroxylation sites is 1. The zero-order chi connectivity index (χ0) is 11.5. The van der Waals surface area contributed by atoms with Gasteiger partial charge < -0.3 is 10.1 Å². The summed E-state index contributed by atoms with van der Waals surface area (Å²) in [4.78, 5) is 2.41. The van der Waals surface area contributed by atoms with E-state index in [9.17, 15) is 0 Å². The maximum absolute atomic E-state index is 5.43. The summed E-state index contributed by atoms with van der Waals surface area (Å²) in [6, 6.07) is 9.23. The highest BCUT2D eigenvalue weighted by Crippen LogP contribution is 2.30. The van der Waals surface area contributed by atoms with E-state index in [1.165, 1.54) is 5.56 Å². The molecule has 3 heteroatoms. The van der Waals surface area contributed by atoms with Crippen molar-refractivity contribution in [3.63, 3.8) is 0 Å². The molecule has 1 N–H and O–H groups in total. The van der Waals surface area contributed by atoms with Gasteiger partial charge in [0.2, 0.25) is 0 Å². The molecular formula is C13H20N2O. The summed E-state index contributed by atoms with van der Waals surface area (Å²) in [5.41, 5.74) is 1.27. The van der Waals surface area contributed by atoms with Gasteiger partial charge in [-0.3, -0.25) is 4.90 Å². The Hall–Kier alpha value is -1.06. The number of piperazine rings is 1. The highest BCUT2D eigenvalue weighted by atomic mass is 16.5. The molecule has 1 unspecified atom stereocenters. The molecule has 1 aromatic rings.